The van der Waals surface area contributed by atoms with Gasteiger partial charge in [-0.15, -0.1) is 0 Å². The minimum atomic E-state index is -1.22. The smallest absolute Gasteiger partial charge is 0.246 e. The lowest BCUT2D eigenvalue weighted by Gasteiger charge is -2.37. The Kier molecular flexibility index (Phi) is 23.3. The number of para-hydroxylation sites is 1. The van der Waals surface area contributed by atoms with Crippen molar-refractivity contribution in [2.75, 3.05) is 19.6 Å². The zero-order chi connectivity index (χ0) is 62.5. The van der Waals surface area contributed by atoms with Gasteiger partial charge in [0.25, 0.3) is 0 Å². The normalized spacial score (nSPS) is 27.1. The van der Waals surface area contributed by atoms with Gasteiger partial charge in [-0.3, -0.25) is 47.9 Å². The summed E-state index contributed by atoms with van der Waals surface area (Å²) >= 11 is 0. The Morgan fingerprint density at radius 3 is 1.52 bits per heavy atom. The van der Waals surface area contributed by atoms with E-state index in [0.29, 0.717) is 56.5 Å². The average molecular weight is 1190 g/mol. The molecule has 7 rings (SSSR count). The maximum Gasteiger partial charge on any atom is 0.246 e. The number of benzene rings is 2. The number of nitrogens with one attached hydrogen (secondary N) is 9. The lowest BCUT2D eigenvalue weighted by molar-refractivity contribution is -0.143. The van der Waals surface area contributed by atoms with Crippen LogP contribution in [0.3, 0.4) is 0 Å². The fourth-order valence-corrected chi connectivity index (χ4v) is 12.4. The monoisotopic (exact) mass is 1190 g/mol. The molecule has 23 nitrogen and oxygen atoms in total. The number of hydrogen-bond donors (Lipinski definition) is 11. The molecule has 470 valence electrons. The molecule has 3 aromatic rings. The molecular formula is C63H93N13O10. The Hall–Kier alpha value is -7.40. The molecule has 1 aromatic heterocycles. The molecule has 4 aliphatic heterocycles. The van der Waals surface area contributed by atoms with E-state index in [4.69, 9.17) is 11.5 Å². The van der Waals surface area contributed by atoms with Crippen LogP contribution in [0.25, 0.3) is 10.9 Å². The van der Waals surface area contributed by atoms with Crippen molar-refractivity contribution in [3.63, 3.8) is 0 Å². The first-order valence-electron chi connectivity index (χ1n) is 31.1. The molecule has 3 fully saturated rings. The van der Waals surface area contributed by atoms with Crippen LogP contribution in [0.5, 0.6) is 0 Å². The summed E-state index contributed by atoms with van der Waals surface area (Å²) in [4.78, 5) is 154. The van der Waals surface area contributed by atoms with Crippen LogP contribution in [0.4, 0.5) is 0 Å². The summed E-state index contributed by atoms with van der Waals surface area (Å²) in [6.45, 7) is 15.3. The minimum Gasteiger partial charge on any atom is -0.356 e. The second kappa shape index (κ2) is 30.3. The third-order valence-corrected chi connectivity index (χ3v) is 16.9. The van der Waals surface area contributed by atoms with Gasteiger partial charge >= 0.3 is 0 Å². The van der Waals surface area contributed by atoms with E-state index >= 15 is 4.79 Å². The number of aromatic amines is 1. The van der Waals surface area contributed by atoms with Crippen molar-refractivity contribution in [2.24, 2.45) is 35.1 Å². The molecule has 0 spiro atoms. The Balaban J connectivity index is 1.28. The van der Waals surface area contributed by atoms with E-state index in [2.05, 4.69) is 47.5 Å². The van der Waals surface area contributed by atoms with E-state index in [1.165, 1.54) is 9.80 Å². The van der Waals surface area contributed by atoms with Gasteiger partial charge in [-0.1, -0.05) is 104 Å². The number of carbonyl (C=O) groups excluding carboxylic acids is 10. The lowest BCUT2D eigenvalue weighted by Crippen LogP contribution is -2.62. The second-order valence-electron chi connectivity index (χ2n) is 25.3. The average Bonchev–Trinajstić information content (AvgIpc) is 1.67. The van der Waals surface area contributed by atoms with Gasteiger partial charge < -0.3 is 68.8 Å². The van der Waals surface area contributed by atoms with Crippen molar-refractivity contribution < 1.29 is 47.9 Å². The molecule has 5 heterocycles. The molecule has 2 aromatic carbocycles. The molecule has 2 bridgehead atoms. The van der Waals surface area contributed by atoms with Gasteiger partial charge in [0, 0.05) is 42.4 Å². The quantitative estimate of drug-likeness (QED) is 0.0920. The third kappa shape index (κ3) is 16.4. The highest BCUT2D eigenvalue weighted by Crippen LogP contribution is 2.44. The Morgan fingerprint density at radius 2 is 0.988 bits per heavy atom. The van der Waals surface area contributed by atoms with Gasteiger partial charge in [-0.05, 0) is 118 Å². The zero-order valence-corrected chi connectivity index (χ0v) is 51.3. The number of hydrogen-bond acceptors (Lipinski definition) is 12. The molecule has 13 N–H and O–H groups in total. The van der Waals surface area contributed by atoms with Crippen molar-refractivity contribution in [1.82, 2.24) is 57.3 Å². The van der Waals surface area contributed by atoms with E-state index < -0.39 is 137 Å². The molecule has 0 saturated carbocycles. The summed E-state index contributed by atoms with van der Waals surface area (Å²) in [6.07, 6.45) is 3.25. The lowest BCUT2D eigenvalue weighted by atomic mass is 9.91. The maximum atomic E-state index is 15.0. The van der Waals surface area contributed by atoms with Gasteiger partial charge in [-0.25, -0.2) is 0 Å². The first kappa shape index (κ1) is 66.1. The van der Waals surface area contributed by atoms with Crippen molar-refractivity contribution in [1.29, 1.82) is 0 Å². The number of fused-ring (bicyclic) bond motifs is 6. The van der Waals surface area contributed by atoms with Crippen LogP contribution in [-0.2, 0) is 60.8 Å². The summed E-state index contributed by atoms with van der Waals surface area (Å²) < 4.78 is 0. The summed E-state index contributed by atoms with van der Waals surface area (Å²) in [7, 11) is 0. The van der Waals surface area contributed by atoms with Gasteiger partial charge in [-0.2, -0.15) is 0 Å². The third-order valence-electron chi connectivity index (χ3n) is 16.9. The number of nitrogens with two attached hydrogens (primary N) is 2. The van der Waals surface area contributed by atoms with Crippen LogP contribution < -0.4 is 54.0 Å². The molecule has 3 saturated heterocycles. The molecule has 86 heavy (non-hydrogen) atoms. The molecule has 0 radical (unpaired) electrons. The summed E-state index contributed by atoms with van der Waals surface area (Å²) in [6, 6.07) is 4.13. The van der Waals surface area contributed by atoms with Crippen LogP contribution in [0.1, 0.15) is 149 Å². The summed E-state index contributed by atoms with van der Waals surface area (Å²) in [5.74, 6) is -7.68. The molecule has 11 atom stereocenters. The SMILES string of the molecule is CC(C)C[C@@H]1NC(=O)[C@H](CCCCN)NC(=O)[C@H](C(C)C)NC(=O)[C@@H]2Cc3c([nH]c4ccccc34)C3C[C@H](NC(=O)[C@H](CC(C)C)NC(=O)[C@H](CCCCN)NC(=O)[C@H](C(C)C)NC(=O)[C@@H]4CCCN4C(=O)[C@H](Cc4ccccc4)NC1=O)C(=O)N32. The van der Waals surface area contributed by atoms with Gasteiger partial charge in [0.1, 0.15) is 60.4 Å². The number of amides is 10. The van der Waals surface area contributed by atoms with E-state index in [-0.39, 0.29) is 69.7 Å². The van der Waals surface area contributed by atoms with Crippen LogP contribution in [-0.4, -0.2) is 154 Å². The van der Waals surface area contributed by atoms with Gasteiger partial charge in [0.15, 0.2) is 0 Å². The number of unbranched alkanes of at least 4 members (excludes halogenated alkanes) is 2. The van der Waals surface area contributed by atoms with Crippen molar-refractivity contribution in [2.45, 2.75) is 205 Å². The van der Waals surface area contributed by atoms with Crippen molar-refractivity contribution in [3.8, 4) is 0 Å². The predicted octanol–water partition coefficient (Wildman–Crippen LogP) is 2.15. The van der Waals surface area contributed by atoms with Crippen LogP contribution in [0.2, 0.25) is 0 Å². The largest absolute Gasteiger partial charge is 0.356 e. The molecule has 4 aliphatic rings. The minimum absolute atomic E-state index is 0.0277. The Morgan fingerprint density at radius 1 is 0.500 bits per heavy atom. The van der Waals surface area contributed by atoms with E-state index in [1.54, 1.807) is 39.8 Å². The van der Waals surface area contributed by atoms with E-state index in [9.17, 15) is 43.2 Å². The highest BCUT2D eigenvalue weighted by atomic mass is 16.2. The number of aromatic nitrogens is 1. The van der Waals surface area contributed by atoms with Gasteiger partial charge in [0.05, 0.1) is 6.04 Å². The molecule has 23 heteroatoms. The highest BCUT2D eigenvalue weighted by molar-refractivity contribution is 6.01. The number of H-pyrrole nitrogens is 1. The topological polar surface area (TPSA) is 341 Å². The zero-order valence-electron chi connectivity index (χ0n) is 51.3. The summed E-state index contributed by atoms with van der Waals surface area (Å²) in [5.41, 5.74) is 14.8. The predicted molar refractivity (Wildman–Crippen MR) is 325 cm³/mol. The van der Waals surface area contributed by atoms with Crippen molar-refractivity contribution >= 4 is 70.0 Å². The van der Waals surface area contributed by atoms with Crippen LogP contribution in [0.15, 0.2) is 54.6 Å². The van der Waals surface area contributed by atoms with Crippen LogP contribution in [0, 0.1) is 23.7 Å². The highest BCUT2D eigenvalue weighted by Gasteiger charge is 2.52. The van der Waals surface area contributed by atoms with Crippen molar-refractivity contribution in [3.05, 3.63) is 71.4 Å². The molecule has 10 amide bonds. The fraction of sp³-hybridized carbons (Fsp3) is 0.619. The second-order valence-corrected chi connectivity index (χ2v) is 25.3. The molecular weight excluding hydrogens is 1100 g/mol. The van der Waals surface area contributed by atoms with E-state index in [0.717, 1.165) is 16.5 Å². The first-order chi connectivity index (χ1) is 41.0. The van der Waals surface area contributed by atoms with Crippen LogP contribution >= 0.6 is 0 Å². The Labute approximate surface area is 504 Å². The number of carbonyl (C=O) groups is 10. The fourth-order valence-electron chi connectivity index (χ4n) is 12.4. The Bertz CT molecular complexity index is 2910. The number of rotatable bonds is 16. The standard InChI is InChI=1S/C63H93N13O10/c1-34(2)29-44-56(79)71-46(31-38-19-10-9-11-20-38)62(85)75-28-18-25-48(75)58(81)73-51(36(5)6)60(83)67-42(23-14-16-26-64)55(78)70-45(30-35(3)4)57(80)72-47-33-49-53-40(39-21-12-13-22-41(39)66-53)32-50(76(49)63(47)86)59(82)74-52(37(7)8)61(84)68-43(54(77)69-44)24-15-17-27-65/h9-13,19-22,34-37,42-52,66H,14-18,23-33,64-65H2,1-8H3,(H,67,83)(H,68,84)(H,69,77)(H,70,78)(H,71,79)(H,72,80)(H,73,81)(H,74,82)/t42-,43-,44-,45-,46-,47-,48-,49?,50-,51-,52-/m0/s1. The number of nitrogens with zero attached hydrogens (tertiary/aromatic N) is 2. The maximum absolute atomic E-state index is 15.0. The molecule has 0 aliphatic carbocycles. The van der Waals surface area contributed by atoms with E-state index in [1.807, 2.05) is 70.2 Å². The molecule has 1 unspecified atom stereocenters. The first-order valence-corrected chi connectivity index (χ1v) is 31.1. The van der Waals surface area contributed by atoms with Gasteiger partial charge in [0.2, 0.25) is 59.1 Å². The summed E-state index contributed by atoms with van der Waals surface area (Å²) in [5, 5.41) is 24.0.